The summed E-state index contributed by atoms with van der Waals surface area (Å²) in [6.07, 6.45) is 0.899. The monoisotopic (exact) mass is 238 g/mol. The van der Waals surface area contributed by atoms with E-state index in [-0.39, 0.29) is 5.91 Å². The minimum absolute atomic E-state index is 0.150. The Balaban J connectivity index is 2.47. The number of hydrogen-bond acceptors (Lipinski definition) is 5. The third kappa shape index (κ3) is 4.36. The number of nitrogens with zero attached hydrogens (tertiary/aromatic N) is 3. The second-order valence-electron chi connectivity index (χ2n) is 3.78. The predicted molar refractivity (Wildman–Crippen MR) is 65.0 cm³/mol. The number of ether oxygens (including phenoxy) is 1. The van der Waals surface area contributed by atoms with E-state index < -0.39 is 0 Å². The summed E-state index contributed by atoms with van der Waals surface area (Å²) in [5.41, 5.74) is 0.345. The summed E-state index contributed by atoms with van der Waals surface area (Å²) in [5.74, 6) is 0.514. The number of aromatic nitrogens is 2. The Bertz CT molecular complexity index is 351. The average Bonchev–Trinajstić information content (AvgIpc) is 2.34. The number of carbonyl (C=O) groups excluding carboxylic acids is 1. The van der Waals surface area contributed by atoms with Crippen LogP contribution in [-0.4, -0.2) is 55.4 Å². The van der Waals surface area contributed by atoms with Gasteiger partial charge in [0.2, 0.25) is 0 Å². The van der Waals surface area contributed by atoms with Crippen LogP contribution in [0, 0.1) is 0 Å². The van der Waals surface area contributed by atoms with Gasteiger partial charge in [-0.1, -0.05) is 0 Å². The summed E-state index contributed by atoms with van der Waals surface area (Å²) in [6, 6.07) is 3.41. The minimum atomic E-state index is -0.150. The molecule has 0 radical (unpaired) electrons. The Morgan fingerprint density at radius 3 is 2.71 bits per heavy atom. The van der Waals surface area contributed by atoms with Gasteiger partial charge in [0.05, 0.1) is 0 Å². The van der Waals surface area contributed by atoms with Gasteiger partial charge in [-0.3, -0.25) is 4.79 Å². The molecule has 1 heterocycles. The normalized spacial score (nSPS) is 10.1. The fourth-order valence-corrected chi connectivity index (χ4v) is 1.20. The highest BCUT2D eigenvalue weighted by Crippen LogP contribution is 2.03. The van der Waals surface area contributed by atoms with E-state index in [1.807, 2.05) is 0 Å². The topological polar surface area (TPSA) is 67.3 Å². The second kappa shape index (κ2) is 6.80. The number of rotatable bonds is 6. The fraction of sp³-hybridized carbons (Fsp3) is 0.545. The molecule has 0 aliphatic heterocycles. The van der Waals surface area contributed by atoms with Gasteiger partial charge in [-0.25, -0.2) is 0 Å². The van der Waals surface area contributed by atoms with Crippen molar-refractivity contribution in [3.05, 3.63) is 17.8 Å². The van der Waals surface area contributed by atoms with E-state index >= 15 is 0 Å². The van der Waals surface area contributed by atoms with E-state index in [4.69, 9.17) is 4.74 Å². The van der Waals surface area contributed by atoms with Gasteiger partial charge in [-0.15, -0.1) is 10.2 Å². The second-order valence-corrected chi connectivity index (χ2v) is 3.78. The summed E-state index contributed by atoms with van der Waals surface area (Å²) < 4.78 is 4.93. The van der Waals surface area contributed by atoms with Crippen LogP contribution in [0.4, 0.5) is 5.82 Å². The maximum Gasteiger partial charge on any atom is 0.273 e. The van der Waals surface area contributed by atoms with Crippen LogP contribution in [-0.2, 0) is 4.74 Å². The SMILES string of the molecule is COCCCNc1ccc(C(=O)N(C)C)nn1. The maximum absolute atomic E-state index is 11.5. The zero-order valence-electron chi connectivity index (χ0n) is 10.4. The van der Waals surface area contributed by atoms with Crippen molar-refractivity contribution >= 4 is 11.7 Å². The van der Waals surface area contributed by atoms with Crippen molar-refractivity contribution in [2.45, 2.75) is 6.42 Å². The average molecular weight is 238 g/mol. The molecule has 0 unspecified atom stereocenters. The summed E-state index contributed by atoms with van der Waals surface area (Å²) in [5, 5.41) is 10.9. The number of hydrogen-bond donors (Lipinski definition) is 1. The van der Waals surface area contributed by atoms with Gasteiger partial charge >= 0.3 is 0 Å². The van der Waals surface area contributed by atoms with Gasteiger partial charge in [0.25, 0.3) is 5.91 Å². The number of methoxy groups -OCH3 is 1. The number of anilines is 1. The lowest BCUT2D eigenvalue weighted by Gasteiger charge is -2.09. The highest BCUT2D eigenvalue weighted by atomic mass is 16.5. The Morgan fingerprint density at radius 2 is 2.18 bits per heavy atom. The highest BCUT2D eigenvalue weighted by Gasteiger charge is 2.09. The molecule has 17 heavy (non-hydrogen) atoms. The first kappa shape index (κ1) is 13.4. The molecule has 1 N–H and O–H groups in total. The third-order valence-electron chi connectivity index (χ3n) is 2.12. The van der Waals surface area contributed by atoms with E-state index in [9.17, 15) is 4.79 Å². The van der Waals surface area contributed by atoms with Crippen molar-refractivity contribution in [3.8, 4) is 0 Å². The van der Waals surface area contributed by atoms with Crippen LogP contribution < -0.4 is 5.32 Å². The van der Waals surface area contributed by atoms with Crippen molar-refractivity contribution in [2.24, 2.45) is 0 Å². The van der Waals surface area contributed by atoms with E-state index in [0.29, 0.717) is 18.1 Å². The van der Waals surface area contributed by atoms with Gasteiger partial charge < -0.3 is 15.0 Å². The molecule has 0 aliphatic carbocycles. The summed E-state index contributed by atoms with van der Waals surface area (Å²) in [6.45, 7) is 1.47. The lowest BCUT2D eigenvalue weighted by molar-refractivity contribution is 0.0821. The lowest BCUT2D eigenvalue weighted by atomic mass is 10.3. The first-order valence-corrected chi connectivity index (χ1v) is 5.43. The molecule has 0 atom stereocenters. The molecule has 0 saturated carbocycles. The summed E-state index contributed by atoms with van der Waals surface area (Å²) in [7, 11) is 5.03. The maximum atomic E-state index is 11.5. The molecule has 0 bridgehead atoms. The van der Waals surface area contributed by atoms with Crippen LogP contribution in [0.2, 0.25) is 0 Å². The molecule has 6 nitrogen and oxygen atoms in total. The molecule has 0 fully saturated rings. The van der Waals surface area contributed by atoms with Gasteiger partial charge in [-0.05, 0) is 18.6 Å². The van der Waals surface area contributed by atoms with E-state index in [0.717, 1.165) is 13.0 Å². The zero-order chi connectivity index (χ0) is 12.7. The molecule has 0 saturated heterocycles. The lowest BCUT2D eigenvalue weighted by Crippen LogP contribution is -2.23. The number of carbonyl (C=O) groups is 1. The Hall–Kier alpha value is -1.69. The summed E-state index contributed by atoms with van der Waals surface area (Å²) >= 11 is 0. The molecule has 0 aliphatic rings. The molecular weight excluding hydrogens is 220 g/mol. The number of amides is 1. The van der Waals surface area contributed by atoms with Crippen LogP contribution in [0.3, 0.4) is 0 Å². The van der Waals surface area contributed by atoms with Crippen molar-refractivity contribution in [1.29, 1.82) is 0 Å². The molecule has 94 valence electrons. The van der Waals surface area contributed by atoms with Crippen molar-refractivity contribution in [2.75, 3.05) is 39.7 Å². The van der Waals surface area contributed by atoms with Crippen LogP contribution in [0.1, 0.15) is 16.9 Å². The highest BCUT2D eigenvalue weighted by molar-refractivity contribution is 5.91. The zero-order valence-corrected chi connectivity index (χ0v) is 10.4. The Morgan fingerprint density at radius 1 is 1.41 bits per heavy atom. The molecule has 0 aromatic carbocycles. The molecule has 1 aromatic heterocycles. The molecule has 1 aromatic rings. The quantitative estimate of drug-likeness (QED) is 0.736. The van der Waals surface area contributed by atoms with Crippen LogP contribution in [0.15, 0.2) is 12.1 Å². The van der Waals surface area contributed by atoms with E-state index in [1.165, 1.54) is 4.90 Å². The fourth-order valence-electron chi connectivity index (χ4n) is 1.20. The molecule has 6 heteroatoms. The van der Waals surface area contributed by atoms with Crippen LogP contribution >= 0.6 is 0 Å². The Labute approximate surface area is 101 Å². The largest absolute Gasteiger partial charge is 0.385 e. The molecule has 1 rings (SSSR count). The first-order chi connectivity index (χ1) is 8.15. The van der Waals surface area contributed by atoms with Crippen molar-refractivity contribution < 1.29 is 9.53 Å². The van der Waals surface area contributed by atoms with Crippen molar-refractivity contribution in [1.82, 2.24) is 15.1 Å². The van der Waals surface area contributed by atoms with Gasteiger partial charge in [0.15, 0.2) is 5.69 Å². The smallest absolute Gasteiger partial charge is 0.273 e. The summed E-state index contributed by atoms with van der Waals surface area (Å²) in [4.78, 5) is 13.0. The first-order valence-electron chi connectivity index (χ1n) is 5.43. The van der Waals surface area contributed by atoms with Gasteiger partial charge in [0, 0.05) is 34.4 Å². The molecule has 0 spiro atoms. The van der Waals surface area contributed by atoms with E-state index in [1.54, 1.807) is 33.3 Å². The van der Waals surface area contributed by atoms with Crippen molar-refractivity contribution in [3.63, 3.8) is 0 Å². The standard InChI is InChI=1S/C11H18N4O2/c1-15(2)11(16)9-5-6-10(14-13-9)12-7-4-8-17-3/h5-6H,4,7-8H2,1-3H3,(H,12,14). The molecular formula is C11H18N4O2. The minimum Gasteiger partial charge on any atom is -0.385 e. The Kier molecular flexibility index (Phi) is 5.35. The predicted octanol–water partition coefficient (Wildman–Crippen LogP) is 0.627. The van der Waals surface area contributed by atoms with Gasteiger partial charge in [-0.2, -0.15) is 0 Å². The third-order valence-corrected chi connectivity index (χ3v) is 2.12. The number of nitrogens with one attached hydrogen (secondary N) is 1. The van der Waals surface area contributed by atoms with Crippen LogP contribution in [0.5, 0.6) is 0 Å². The molecule has 1 amide bonds. The van der Waals surface area contributed by atoms with Crippen LogP contribution in [0.25, 0.3) is 0 Å². The van der Waals surface area contributed by atoms with Gasteiger partial charge in [0.1, 0.15) is 5.82 Å². The van der Waals surface area contributed by atoms with E-state index in [2.05, 4.69) is 15.5 Å².